The van der Waals surface area contributed by atoms with Crippen molar-refractivity contribution in [2.75, 3.05) is 0 Å². The van der Waals surface area contributed by atoms with Crippen molar-refractivity contribution in [2.45, 2.75) is 19.5 Å². The van der Waals surface area contributed by atoms with E-state index in [2.05, 4.69) is 5.32 Å². The molecule has 0 fully saturated rings. The molecular weight excluding hydrogens is 240 g/mol. The van der Waals surface area contributed by atoms with Crippen LogP contribution >= 0.6 is 11.3 Å². The summed E-state index contributed by atoms with van der Waals surface area (Å²) in [5, 5.41) is 5.17. The van der Waals surface area contributed by atoms with E-state index in [0.717, 1.165) is 12.1 Å². The smallest absolute Gasteiger partial charge is 0.127 e. The fourth-order valence-corrected chi connectivity index (χ4v) is 2.34. The predicted molar refractivity (Wildman–Crippen MR) is 65.9 cm³/mol. The van der Waals surface area contributed by atoms with Crippen LogP contribution in [-0.2, 0) is 6.54 Å². The Morgan fingerprint density at radius 2 is 2.12 bits per heavy atom. The number of halogens is 2. The molecule has 0 saturated heterocycles. The third kappa shape index (κ3) is 3.11. The lowest BCUT2D eigenvalue weighted by Gasteiger charge is -2.12. The average molecular weight is 253 g/mol. The van der Waals surface area contributed by atoms with Gasteiger partial charge in [-0.05, 0) is 36.6 Å². The molecule has 0 amide bonds. The lowest BCUT2D eigenvalue weighted by Crippen LogP contribution is -2.18. The molecule has 0 bridgehead atoms. The maximum Gasteiger partial charge on any atom is 0.127 e. The highest BCUT2D eigenvalue weighted by molar-refractivity contribution is 7.10. The number of hydrogen-bond donors (Lipinski definition) is 1. The largest absolute Gasteiger partial charge is 0.305 e. The number of rotatable bonds is 4. The first-order chi connectivity index (χ1) is 8.16. The van der Waals surface area contributed by atoms with Crippen molar-refractivity contribution in [1.82, 2.24) is 5.32 Å². The molecule has 0 aliphatic carbocycles. The standard InChI is InChI=1S/C13H13F2NS/c1-9(13-3-2-6-17-13)16-8-10-7-11(14)4-5-12(10)15/h2-7,9,16H,8H2,1H3/t9-/m1/s1. The summed E-state index contributed by atoms with van der Waals surface area (Å²) in [6, 6.07) is 7.64. The summed E-state index contributed by atoms with van der Waals surface area (Å²) in [5.74, 6) is -0.788. The third-order valence-electron chi connectivity index (χ3n) is 2.58. The third-order valence-corrected chi connectivity index (χ3v) is 3.63. The molecule has 1 aromatic carbocycles. The van der Waals surface area contributed by atoms with E-state index in [1.165, 1.54) is 10.9 Å². The van der Waals surface area contributed by atoms with E-state index in [1.54, 1.807) is 11.3 Å². The minimum absolute atomic E-state index is 0.137. The highest BCUT2D eigenvalue weighted by atomic mass is 32.1. The number of benzene rings is 1. The number of nitrogens with one attached hydrogen (secondary N) is 1. The summed E-state index contributed by atoms with van der Waals surface area (Å²) >= 11 is 1.64. The van der Waals surface area contributed by atoms with E-state index in [1.807, 2.05) is 24.4 Å². The highest BCUT2D eigenvalue weighted by Gasteiger charge is 2.08. The predicted octanol–water partition coefficient (Wildman–Crippen LogP) is 3.88. The van der Waals surface area contributed by atoms with Crippen LogP contribution in [0.25, 0.3) is 0 Å². The van der Waals surface area contributed by atoms with Gasteiger partial charge >= 0.3 is 0 Å². The van der Waals surface area contributed by atoms with Gasteiger partial charge in [0.2, 0.25) is 0 Å². The van der Waals surface area contributed by atoms with Crippen molar-refractivity contribution in [1.29, 1.82) is 0 Å². The second-order valence-electron chi connectivity index (χ2n) is 3.85. The van der Waals surface area contributed by atoms with E-state index >= 15 is 0 Å². The van der Waals surface area contributed by atoms with Gasteiger partial charge in [0.1, 0.15) is 11.6 Å². The molecule has 17 heavy (non-hydrogen) atoms. The van der Waals surface area contributed by atoms with Crippen molar-refractivity contribution < 1.29 is 8.78 Å². The van der Waals surface area contributed by atoms with Gasteiger partial charge in [-0.2, -0.15) is 0 Å². The van der Waals surface area contributed by atoms with E-state index in [9.17, 15) is 8.78 Å². The van der Waals surface area contributed by atoms with Crippen LogP contribution in [0.1, 0.15) is 23.4 Å². The second-order valence-corrected chi connectivity index (χ2v) is 4.83. The number of thiophene rings is 1. The van der Waals surface area contributed by atoms with Gasteiger partial charge in [0.15, 0.2) is 0 Å². The monoisotopic (exact) mass is 253 g/mol. The Morgan fingerprint density at radius 3 is 2.82 bits per heavy atom. The normalized spacial score (nSPS) is 12.6. The Bertz CT molecular complexity index is 482. The zero-order valence-corrected chi connectivity index (χ0v) is 10.2. The molecule has 0 spiro atoms. The van der Waals surface area contributed by atoms with Gasteiger partial charge in [-0.1, -0.05) is 6.07 Å². The van der Waals surface area contributed by atoms with Gasteiger partial charge in [-0.3, -0.25) is 0 Å². The summed E-state index contributed by atoms with van der Waals surface area (Å²) in [6.45, 7) is 2.33. The summed E-state index contributed by atoms with van der Waals surface area (Å²) in [6.07, 6.45) is 0. The number of hydrogen-bond acceptors (Lipinski definition) is 2. The maximum absolute atomic E-state index is 13.4. The molecule has 90 valence electrons. The second kappa shape index (κ2) is 5.38. The SMILES string of the molecule is C[C@@H](NCc1cc(F)ccc1F)c1cccs1. The van der Waals surface area contributed by atoms with Gasteiger partial charge in [0, 0.05) is 23.0 Å². The molecule has 2 aromatic rings. The van der Waals surface area contributed by atoms with Crippen molar-refractivity contribution in [3.63, 3.8) is 0 Å². The van der Waals surface area contributed by atoms with Gasteiger partial charge in [-0.25, -0.2) is 8.78 Å². The molecule has 1 atom stereocenters. The van der Waals surface area contributed by atoms with E-state index < -0.39 is 5.82 Å². The molecule has 1 aromatic heterocycles. The Kier molecular flexibility index (Phi) is 3.86. The van der Waals surface area contributed by atoms with Gasteiger partial charge in [0.25, 0.3) is 0 Å². The van der Waals surface area contributed by atoms with Crippen molar-refractivity contribution in [3.8, 4) is 0 Å². The first-order valence-corrected chi connectivity index (χ1v) is 6.25. The lowest BCUT2D eigenvalue weighted by molar-refractivity contribution is 0.539. The van der Waals surface area contributed by atoms with Crippen LogP contribution in [0.2, 0.25) is 0 Å². The van der Waals surface area contributed by atoms with Gasteiger partial charge in [0.05, 0.1) is 0 Å². The zero-order chi connectivity index (χ0) is 12.3. The van der Waals surface area contributed by atoms with Crippen molar-refractivity contribution >= 4 is 11.3 Å². The Morgan fingerprint density at radius 1 is 1.29 bits per heavy atom. The molecular formula is C13H13F2NS. The molecule has 0 saturated carbocycles. The molecule has 0 radical (unpaired) electrons. The quantitative estimate of drug-likeness (QED) is 0.872. The highest BCUT2D eigenvalue weighted by Crippen LogP contribution is 2.19. The van der Waals surface area contributed by atoms with Crippen LogP contribution < -0.4 is 5.32 Å². The molecule has 1 N–H and O–H groups in total. The van der Waals surface area contributed by atoms with Gasteiger partial charge < -0.3 is 5.32 Å². The van der Waals surface area contributed by atoms with Crippen LogP contribution in [0.15, 0.2) is 35.7 Å². The molecule has 1 heterocycles. The van der Waals surface area contributed by atoms with E-state index in [4.69, 9.17) is 0 Å². The Labute approximate surface area is 103 Å². The molecule has 1 nitrogen and oxygen atoms in total. The Balaban J connectivity index is 2.00. The molecule has 4 heteroatoms. The summed E-state index contributed by atoms with van der Waals surface area (Å²) in [4.78, 5) is 1.18. The molecule has 0 aliphatic heterocycles. The van der Waals surface area contributed by atoms with Crippen LogP contribution in [0.5, 0.6) is 0 Å². The van der Waals surface area contributed by atoms with E-state index in [0.29, 0.717) is 12.1 Å². The molecule has 0 aliphatic rings. The summed E-state index contributed by atoms with van der Waals surface area (Å²) in [7, 11) is 0. The lowest BCUT2D eigenvalue weighted by atomic mass is 10.2. The minimum atomic E-state index is -0.410. The van der Waals surface area contributed by atoms with Crippen LogP contribution in [0, 0.1) is 11.6 Å². The average Bonchev–Trinajstić information content (AvgIpc) is 2.83. The Hall–Kier alpha value is -1.26. The fraction of sp³-hybridized carbons (Fsp3) is 0.231. The summed E-state index contributed by atoms with van der Waals surface area (Å²) in [5.41, 5.74) is 0.355. The zero-order valence-electron chi connectivity index (χ0n) is 9.41. The van der Waals surface area contributed by atoms with Crippen LogP contribution in [-0.4, -0.2) is 0 Å². The fourth-order valence-electron chi connectivity index (χ4n) is 1.58. The topological polar surface area (TPSA) is 12.0 Å². The van der Waals surface area contributed by atoms with Crippen molar-refractivity contribution in [3.05, 3.63) is 57.8 Å². The molecule has 0 unspecified atom stereocenters. The van der Waals surface area contributed by atoms with E-state index in [-0.39, 0.29) is 11.9 Å². The molecule has 2 rings (SSSR count). The van der Waals surface area contributed by atoms with Crippen molar-refractivity contribution in [2.24, 2.45) is 0 Å². The van der Waals surface area contributed by atoms with Gasteiger partial charge in [-0.15, -0.1) is 11.3 Å². The first-order valence-electron chi connectivity index (χ1n) is 5.37. The maximum atomic E-state index is 13.4. The van der Waals surface area contributed by atoms with Crippen LogP contribution in [0.4, 0.5) is 8.78 Å². The summed E-state index contributed by atoms with van der Waals surface area (Å²) < 4.78 is 26.3. The first kappa shape index (κ1) is 12.2. The minimum Gasteiger partial charge on any atom is -0.305 e. The van der Waals surface area contributed by atoms with Crippen LogP contribution in [0.3, 0.4) is 0 Å².